The van der Waals surface area contributed by atoms with Gasteiger partial charge in [-0.05, 0) is 31.2 Å². The van der Waals surface area contributed by atoms with Gasteiger partial charge in [-0.1, -0.05) is 39.7 Å². The molecule has 94 valence electrons. The number of hydrogen-bond donors (Lipinski definition) is 1. The number of phenols is 1. The molecule has 0 spiro atoms. The molecule has 2 aromatic carbocycles. The molecule has 0 unspecified atom stereocenters. The van der Waals surface area contributed by atoms with Crippen molar-refractivity contribution in [2.45, 2.75) is 13.5 Å². The molecule has 18 heavy (non-hydrogen) atoms. The number of ether oxygens (including phenoxy) is 1. The van der Waals surface area contributed by atoms with Crippen molar-refractivity contribution in [1.82, 2.24) is 0 Å². The first kappa shape index (κ1) is 13.2. The topological polar surface area (TPSA) is 29.5 Å². The average Bonchev–Trinajstić information content (AvgIpc) is 2.33. The SMILES string of the molecule is Cc1c(O)cccc1OCc1ccc(Br)cc1Cl. The van der Waals surface area contributed by atoms with Crippen LogP contribution in [0.15, 0.2) is 40.9 Å². The number of benzene rings is 2. The Bertz CT molecular complexity index is 570. The third kappa shape index (κ3) is 2.98. The summed E-state index contributed by atoms with van der Waals surface area (Å²) in [6, 6.07) is 10.9. The molecule has 0 saturated carbocycles. The molecule has 0 heterocycles. The van der Waals surface area contributed by atoms with E-state index in [1.54, 1.807) is 12.1 Å². The van der Waals surface area contributed by atoms with Gasteiger partial charge in [0.15, 0.2) is 0 Å². The van der Waals surface area contributed by atoms with Crippen molar-refractivity contribution in [3.63, 3.8) is 0 Å². The molecule has 4 heteroatoms. The highest BCUT2D eigenvalue weighted by Crippen LogP contribution is 2.28. The Balaban J connectivity index is 2.14. The summed E-state index contributed by atoms with van der Waals surface area (Å²) < 4.78 is 6.60. The molecule has 0 atom stereocenters. The van der Waals surface area contributed by atoms with Gasteiger partial charge in [0, 0.05) is 20.6 Å². The number of hydrogen-bond acceptors (Lipinski definition) is 2. The van der Waals surface area contributed by atoms with Gasteiger partial charge in [0.2, 0.25) is 0 Å². The molecule has 0 fully saturated rings. The van der Waals surface area contributed by atoms with Gasteiger partial charge in [0.25, 0.3) is 0 Å². The van der Waals surface area contributed by atoms with Crippen molar-refractivity contribution in [1.29, 1.82) is 0 Å². The predicted octanol–water partition coefficient (Wildman–Crippen LogP) is 4.70. The maximum Gasteiger partial charge on any atom is 0.126 e. The molecule has 0 aliphatic heterocycles. The molecular formula is C14H12BrClO2. The van der Waals surface area contributed by atoms with E-state index in [4.69, 9.17) is 16.3 Å². The second kappa shape index (κ2) is 5.63. The second-order valence-corrected chi connectivity index (χ2v) is 5.25. The van der Waals surface area contributed by atoms with Gasteiger partial charge in [-0.25, -0.2) is 0 Å². The van der Waals surface area contributed by atoms with Crippen LogP contribution in [0.2, 0.25) is 5.02 Å². The van der Waals surface area contributed by atoms with E-state index < -0.39 is 0 Å². The third-order valence-corrected chi connectivity index (χ3v) is 3.50. The molecule has 0 aliphatic carbocycles. The van der Waals surface area contributed by atoms with Crippen LogP contribution >= 0.6 is 27.5 Å². The molecule has 2 rings (SSSR count). The Hall–Kier alpha value is -1.19. The molecule has 0 bridgehead atoms. The summed E-state index contributed by atoms with van der Waals surface area (Å²) >= 11 is 9.46. The van der Waals surface area contributed by atoms with Crippen LogP contribution in [0.1, 0.15) is 11.1 Å². The molecular weight excluding hydrogens is 316 g/mol. The van der Waals surface area contributed by atoms with Gasteiger partial charge in [0.1, 0.15) is 18.1 Å². The lowest BCUT2D eigenvalue weighted by atomic mass is 10.2. The largest absolute Gasteiger partial charge is 0.508 e. The molecule has 0 aliphatic rings. The van der Waals surface area contributed by atoms with Gasteiger partial charge >= 0.3 is 0 Å². The zero-order valence-electron chi connectivity index (χ0n) is 9.78. The van der Waals surface area contributed by atoms with Crippen LogP contribution in [0.3, 0.4) is 0 Å². The first-order valence-electron chi connectivity index (χ1n) is 5.43. The van der Waals surface area contributed by atoms with Crippen molar-refractivity contribution in [3.05, 3.63) is 57.0 Å². The fourth-order valence-electron chi connectivity index (χ4n) is 1.55. The lowest BCUT2D eigenvalue weighted by Gasteiger charge is -2.11. The van der Waals surface area contributed by atoms with E-state index in [9.17, 15) is 5.11 Å². The number of rotatable bonds is 3. The summed E-state index contributed by atoms with van der Waals surface area (Å²) in [7, 11) is 0. The third-order valence-electron chi connectivity index (χ3n) is 2.65. The first-order valence-corrected chi connectivity index (χ1v) is 6.60. The van der Waals surface area contributed by atoms with Crippen LogP contribution in [0.25, 0.3) is 0 Å². The van der Waals surface area contributed by atoms with Crippen LogP contribution in [0.5, 0.6) is 11.5 Å². The van der Waals surface area contributed by atoms with Crippen LogP contribution in [0, 0.1) is 6.92 Å². The highest BCUT2D eigenvalue weighted by Gasteiger charge is 2.06. The minimum absolute atomic E-state index is 0.231. The van der Waals surface area contributed by atoms with Crippen molar-refractivity contribution >= 4 is 27.5 Å². The summed E-state index contributed by atoms with van der Waals surface area (Å²) in [5.74, 6) is 0.892. The monoisotopic (exact) mass is 326 g/mol. The normalized spacial score (nSPS) is 10.4. The molecule has 1 N–H and O–H groups in total. The Morgan fingerprint density at radius 2 is 2.06 bits per heavy atom. The van der Waals surface area contributed by atoms with Crippen LogP contribution in [-0.4, -0.2) is 5.11 Å². The van der Waals surface area contributed by atoms with Crippen molar-refractivity contribution in [2.24, 2.45) is 0 Å². The zero-order valence-corrected chi connectivity index (χ0v) is 12.1. The zero-order chi connectivity index (χ0) is 13.1. The molecule has 0 amide bonds. The Kier molecular flexibility index (Phi) is 4.15. The second-order valence-electron chi connectivity index (χ2n) is 3.92. The molecule has 0 aromatic heterocycles. The van der Waals surface area contributed by atoms with Gasteiger partial charge in [-0.3, -0.25) is 0 Å². The van der Waals surface area contributed by atoms with Gasteiger partial charge < -0.3 is 9.84 Å². The van der Waals surface area contributed by atoms with E-state index in [0.29, 0.717) is 17.4 Å². The first-order chi connectivity index (χ1) is 8.58. The average molecular weight is 328 g/mol. The van der Waals surface area contributed by atoms with E-state index in [1.807, 2.05) is 31.2 Å². The van der Waals surface area contributed by atoms with Gasteiger partial charge in [0.05, 0.1) is 0 Å². The lowest BCUT2D eigenvalue weighted by molar-refractivity contribution is 0.302. The lowest BCUT2D eigenvalue weighted by Crippen LogP contribution is -1.97. The predicted molar refractivity (Wildman–Crippen MR) is 76.3 cm³/mol. The van der Waals surface area contributed by atoms with E-state index in [2.05, 4.69) is 15.9 Å². The van der Waals surface area contributed by atoms with Crippen molar-refractivity contribution in [3.8, 4) is 11.5 Å². The molecule has 0 radical (unpaired) electrons. The Labute approximate surface area is 119 Å². The quantitative estimate of drug-likeness (QED) is 0.885. The maximum atomic E-state index is 9.58. The van der Waals surface area contributed by atoms with E-state index in [0.717, 1.165) is 15.6 Å². The molecule has 2 nitrogen and oxygen atoms in total. The highest BCUT2D eigenvalue weighted by atomic mass is 79.9. The van der Waals surface area contributed by atoms with Gasteiger partial charge in [-0.2, -0.15) is 0 Å². The van der Waals surface area contributed by atoms with Crippen LogP contribution < -0.4 is 4.74 Å². The van der Waals surface area contributed by atoms with E-state index in [-0.39, 0.29) is 5.75 Å². The molecule has 0 saturated heterocycles. The van der Waals surface area contributed by atoms with E-state index in [1.165, 1.54) is 0 Å². The standard InChI is InChI=1S/C14H12BrClO2/c1-9-13(17)3-2-4-14(9)18-8-10-5-6-11(15)7-12(10)16/h2-7,17H,8H2,1H3. The summed E-state index contributed by atoms with van der Waals surface area (Å²) in [4.78, 5) is 0. The number of phenolic OH excluding ortho intramolecular Hbond substituents is 1. The van der Waals surface area contributed by atoms with E-state index >= 15 is 0 Å². The molecule has 2 aromatic rings. The van der Waals surface area contributed by atoms with Crippen LogP contribution in [-0.2, 0) is 6.61 Å². The smallest absolute Gasteiger partial charge is 0.126 e. The van der Waals surface area contributed by atoms with Crippen molar-refractivity contribution in [2.75, 3.05) is 0 Å². The minimum Gasteiger partial charge on any atom is -0.508 e. The van der Waals surface area contributed by atoms with Crippen LogP contribution in [0.4, 0.5) is 0 Å². The van der Waals surface area contributed by atoms with Crippen molar-refractivity contribution < 1.29 is 9.84 Å². The minimum atomic E-state index is 0.231. The summed E-state index contributed by atoms with van der Waals surface area (Å²) in [6.07, 6.45) is 0. The fourth-order valence-corrected chi connectivity index (χ4v) is 2.28. The Morgan fingerprint density at radius 1 is 1.28 bits per heavy atom. The summed E-state index contributed by atoms with van der Waals surface area (Å²) in [5, 5.41) is 10.2. The Morgan fingerprint density at radius 3 is 2.78 bits per heavy atom. The summed E-state index contributed by atoms with van der Waals surface area (Å²) in [6.45, 7) is 2.18. The highest BCUT2D eigenvalue weighted by molar-refractivity contribution is 9.10. The number of aromatic hydroxyl groups is 1. The summed E-state index contributed by atoms with van der Waals surface area (Å²) in [5.41, 5.74) is 1.63. The maximum absolute atomic E-state index is 9.58. The van der Waals surface area contributed by atoms with Gasteiger partial charge in [-0.15, -0.1) is 0 Å². The fraction of sp³-hybridized carbons (Fsp3) is 0.143. The number of halogens is 2.